The Kier molecular flexibility index (Phi) is 6.43. The number of para-hydroxylation sites is 1. The number of rotatable bonds is 7. The summed E-state index contributed by atoms with van der Waals surface area (Å²) in [6, 6.07) is 22.6. The summed E-state index contributed by atoms with van der Waals surface area (Å²) in [5.41, 5.74) is 7.72. The van der Waals surface area contributed by atoms with Crippen molar-refractivity contribution in [3.8, 4) is 23.2 Å². The highest BCUT2D eigenvalue weighted by atomic mass is 16.5. The summed E-state index contributed by atoms with van der Waals surface area (Å²) < 4.78 is 8.59. The lowest BCUT2D eigenvalue weighted by atomic mass is 10.1. The molecule has 0 fully saturated rings. The summed E-state index contributed by atoms with van der Waals surface area (Å²) >= 11 is 0. The van der Waals surface area contributed by atoms with E-state index in [1.165, 1.54) is 22.1 Å². The summed E-state index contributed by atoms with van der Waals surface area (Å²) in [7, 11) is 0. The fourth-order valence-electron chi connectivity index (χ4n) is 5.60. The van der Waals surface area contributed by atoms with Gasteiger partial charge < -0.3 is 9.84 Å². The van der Waals surface area contributed by atoms with E-state index in [0.29, 0.717) is 17.1 Å². The Hall–Kier alpha value is -4.38. The minimum absolute atomic E-state index is 0.156. The smallest absolute Gasteiger partial charge is 0.220 e. The number of aryl methyl sites for hydroxylation is 4. The zero-order valence-corrected chi connectivity index (χ0v) is 23.0. The lowest BCUT2D eigenvalue weighted by molar-refractivity contribution is 0.459. The average Bonchev–Trinajstić information content (AvgIpc) is 3.29. The molecule has 0 unspecified atom stereocenters. The second-order valence-electron chi connectivity index (χ2n) is 9.99. The van der Waals surface area contributed by atoms with Crippen LogP contribution in [0.2, 0.25) is 0 Å². The van der Waals surface area contributed by atoms with Crippen LogP contribution in [0.5, 0.6) is 17.4 Å². The largest absolute Gasteiger partial charge is 0.506 e. The van der Waals surface area contributed by atoms with Gasteiger partial charge >= 0.3 is 0 Å². The molecule has 6 rings (SSSR count). The number of benzene rings is 3. The van der Waals surface area contributed by atoms with E-state index >= 15 is 0 Å². The molecule has 5 heteroatoms. The SMILES string of the molecule is CCc1ccc2c(c1)c1ccc(Oc3cc(CC)c4cccc(O)c4n3)cc1n2-c1cc(CC)c(CC)cn1. The van der Waals surface area contributed by atoms with Crippen LogP contribution in [-0.4, -0.2) is 19.6 Å². The first-order valence-corrected chi connectivity index (χ1v) is 13.9. The maximum atomic E-state index is 10.5. The van der Waals surface area contributed by atoms with Gasteiger partial charge in [-0.2, -0.15) is 0 Å². The first-order valence-electron chi connectivity index (χ1n) is 13.9. The second kappa shape index (κ2) is 10.1. The Balaban J connectivity index is 1.54. The third-order valence-electron chi connectivity index (χ3n) is 7.75. The van der Waals surface area contributed by atoms with Crippen LogP contribution >= 0.6 is 0 Å². The van der Waals surface area contributed by atoms with Gasteiger partial charge in [-0.15, -0.1) is 0 Å². The maximum Gasteiger partial charge on any atom is 0.220 e. The Morgan fingerprint density at radius 1 is 0.718 bits per heavy atom. The molecule has 0 spiro atoms. The zero-order valence-electron chi connectivity index (χ0n) is 23.0. The molecule has 1 N–H and O–H groups in total. The predicted octanol–water partition coefficient (Wildman–Crippen LogP) is 8.47. The monoisotopic (exact) mass is 515 g/mol. The fraction of sp³-hybridized carbons (Fsp3) is 0.235. The van der Waals surface area contributed by atoms with E-state index in [-0.39, 0.29) is 5.75 Å². The minimum Gasteiger partial charge on any atom is -0.506 e. The van der Waals surface area contributed by atoms with Crippen molar-refractivity contribution in [2.75, 3.05) is 0 Å². The number of hydrogen-bond donors (Lipinski definition) is 1. The van der Waals surface area contributed by atoms with Crippen molar-refractivity contribution >= 4 is 32.7 Å². The molecule has 0 aliphatic rings. The number of phenols is 1. The average molecular weight is 516 g/mol. The Labute approximate surface area is 228 Å². The normalized spacial score (nSPS) is 11.6. The first kappa shape index (κ1) is 24.9. The van der Waals surface area contributed by atoms with Gasteiger partial charge in [0.1, 0.15) is 22.8 Å². The summed E-state index contributed by atoms with van der Waals surface area (Å²) in [6.45, 7) is 8.65. The van der Waals surface area contributed by atoms with Gasteiger partial charge in [0.05, 0.1) is 11.0 Å². The Morgan fingerprint density at radius 2 is 1.54 bits per heavy atom. The maximum absolute atomic E-state index is 10.5. The molecule has 0 radical (unpaired) electrons. The summed E-state index contributed by atoms with van der Waals surface area (Å²) in [6.07, 6.45) is 5.74. The number of aromatic hydroxyl groups is 1. The molecule has 39 heavy (non-hydrogen) atoms. The van der Waals surface area contributed by atoms with Crippen LogP contribution in [-0.2, 0) is 25.7 Å². The molecule has 3 aromatic heterocycles. The molecule has 0 aliphatic heterocycles. The van der Waals surface area contributed by atoms with Gasteiger partial charge in [0.2, 0.25) is 5.88 Å². The van der Waals surface area contributed by atoms with Gasteiger partial charge in [0.15, 0.2) is 0 Å². The van der Waals surface area contributed by atoms with Crippen LogP contribution < -0.4 is 4.74 Å². The summed E-state index contributed by atoms with van der Waals surface area (Å²) in [4.78, 5) is 9.56. The zero-order chi connectivity index (χ0) is 27.1. The van der Waals surface area contributed by atoms with E-state index in [1.54, 1.807) is 6.07 Å². The van der Waals surface area contributed by atoms with Crippen molar-refractivity contribution in [2.24, 2.45) is 0 Å². The van der Waals surface area contributed by atoms with E-state index in [4.69, 9.17) is 9.72 Å². The number of ether oxygens (including phenoxy) is 1. The summed E-state index contributed by atoms with van der Waals surface area (Å²) in [5, 5.41) is 13.8. The minimum atomic E-state index is 0.156. The van der Waals surface area contributed by atoms with E-state index in [9.17, 15) is 5.11 Å². The molecular weight excluding hydrogens is 482 g/mol. The molecule has 3 aromatic carbocycles. The van der Waals surface area contributed by atoms with Crippen molar-refractivity contribution < 1.29 is 9.84 Å². The van der Waals surface area contributed by atoms with Gasteiger partial charge in [-0.3, -0.25) is 4.57 Å². The topological polar surface area (TPSA) is 60.2 Å². The van der Waals surface area contributed by atoms with Crippen molar-refractivity contribution in [3.63, 3.8) is 0 Å². The van der Waals surface area contributed by atoms with Crippen LogP contribution in [0.4, 0.5) is 0 Å². The highest BCUT2D eigenvalue weighted by Crippen LogP contribution is 2.37. The standard InChI is InChI=1S/C34H33N3O2/c1-5-21-12-15-29-28(16-21)27-14-13-25(19-30(27)37(29)32-17-22(6-2)24(8-4)20-35-32)39-33-18-23(7-3)26-10-9-11-31(38)34(26)36-33/h9-20,38H,5-8H2,1-4H3. The van der Waals surface area contributed by atoms with Crippen molar-refractivity contribution in [2.45, 2.75) is 53.4 Å². The summed E-state index contributed by atoms with van der Waals surface area (Å²) in [5.74, 6) is 2.22. The number of hydrogen-bond acceptors (Lipinski definition) is 4. The fourth-order valence-corrected chi connectivity index (χ4v) is 5.60. The van der Waals surface area contributed by atoms with Crippen LogP contribution in [0.3, 0.4) is 0 Å². The molecule has 0 aliphatic carbocycles. The first-order chi connectivity index (χ1) is 19.0. The van der Waals surface area contributed by atoms with Crippen LogP contribution in [0, 0.1) is 0 Å². The molecule has 0 saturated carbocycles. The van der Waals surface area contributed by atoms with E-state index in [0.717, 1.165) is 58.9 Å². The third-order valence-corrected chi connectivity index (χ3v) is 7.75. The van der Waals surface area contributed by atoms with Crippen molar-refractivity contribution in [1.29, 1.82) is 0 Å². The van der Waals surface area contributed by atoms with Gasteiger partial charge in [0, 0.05) is 34.5 Å². The highest BCUT2D eigenvalue weighted by Gasteiger charge is 2.17. The van der Waals surface area contributed by atoms with Gasteiger partial charge in [-0.05, 0) is 84.3 Å². The Bertz CT molecular complexity index is 1850. The number of fused-ring (bicyclic) bond motifs is 4. The lowest BCUT2D eigenvalue weighted by Gasteiger charge is -2.13. The van der Waals surface area contributed by atoms with Gasteiger partial charge in [0.25, 0.3) is 0 Å². The number of phenolic OH excluding ortho intramolecular Hbond substituents is 1. The molecule has 6 aromatic rings. The van der Waals surface area contributed by atoms with E-state index in [1.807, 2.05) is 30.5 Å². The van der Waals surface area contributed by atoms with E-state index in [2.05, 4.69) is 73.6 Å². The van der Waals surface area contributed by atoms with Crippen LogP contribution in [0.25, 0.3) is 38.5 Å². The Morgan fingerprint density at radius 3 is 2.31 bits per heavy atom. The second-order valence-corrected chi connectivity index (χ2v) is 9.99. The van der Waals surface area contributed by atoms with Crippen molar-refractivity contribution in [1.82, 2.24) is 14.5 Å². The molecule has 0 amide bonds. The molecule has 0 saturated heterocycles. The van der Waals surface area contributed by atoms with Crippen molar-refractivity contribution in [3.05, 3.63) is 95.2 Å². The van der Waals surface area contributed by atoms with Crippen LogP contribution in [0.1, 0.15) is 49.9 Å². The van der Waals surface area contributed by atoms with Gasteiger partial charge in [-0.25, -0.2) is 9.97 Å². The van der Waals surface area contributed by atoms with Gasteiger partial charge in [-0.1, -0.05) is 45.9 Å². The highest BCUT2D eigenvalue weighted by molar-refractivity contribution is 6.09. The molecule has 0 atom stereocenters. The van der Waals surface area contributed by atoms with E-state index < -0.39 is 0 Å². The molecular formula is C34H33N3O2. The number of aromatic nitrogens is 3. The molecule has 0 bridgehead atoms. The predicted molar refractivity (Wildman–Crippen MR) is 160 cm³/mol. The number of nitrogens with zero attached hydrogens (tertiary/aromatic N) is 3. The molecule has 196 valence electrons. The number of pyridine rings is 2. The molecule has 3 heterocycles. The lowest BCUT2D eigenvalue weighted by Crippen LogP contribution is -2.02. The molecule has 5 nitrogen and oxygen atoms in total. The quantitative estimate of drug-likeness (QED) is 0.232. The van der Waals surface area contributed by atoms with Crippen LogP contribution in [0.15, 0.2) is 72.9 Å². The third kappa shape index (κ3) is 4.28.